The van der Waals surface area contributed by atoms with Gasteiger partial charge in [-0.25, -0.2) is 13.4 Å². The second-order valence-corrected chi connectivity index (χ2v) is 11.5. The van der Waals surface area contributed by atoms with Gasteiger partial charge < -0.3 is 4.90 Å². The van der Waals surface area contributed by atoms with Crippen LogP contribution in [0.1, 0.15) is 36.0 Å². The standard InChI is InChI=1S/C24H30N4O3S2.ClH/c1-26(2)17-18-28(24-25-21-9-5-6-10-22(21)32-24)23(29)19-11-13-20(14-12-19)33(30,31)27-15-7-3-4-8-16-27;/h5-6,9-14H,3-4,7-8,15-18H2,1-2H3;1H. The molecule has 0 unspecified atom stereocenters. The van der Waals surface area contributed by atoms with E-state index in [2.05, 4.69) is 4.98 Å². The van der Waals surface area contributed by atoms with E-state index in [1.807, 2.05) is 43.3 Å². The van der Waals surface area contributed by atoms with Crippen LogP contribution in [0.2, 0.25) is 0 Å². The van der Waals surface area contributed by atoms with E-state index in [4.69, 9.17) is 0 Å². The lowest BCUT2D eigenvalue weighted by Crippen LogP contribution is -2.36. The van der Waals surface area contributed by atoms with Gasteiger partial charge in [0.05, 0.1) is 15.1 Å². The van der Waals surface area contributed by atoms with Crippen LogP contribution in [0.5, 0.6) is 0 Å². The third kappa shape index (κ3) is 5.95. The lowest BCUT2D eigenvalue weighted by atomic mass is 10.2. The van der Waals surface area contributed by atoms with Crippen LogP contribution in [0.25, 0.3) is 10.2 Å². The summed E-state index contributed by atoms with van der Waals surface area (Å²) in [6.45, 7) is 2.28. The fourth-order valence-corrected chi connectivity index (χ4v) is 6.42. The summed E-state index contributed by atoms with van der Waals surface area (Å²) in [4.78, 5) is 22.1. The van der Waals surface area contributed by atoms with Gasteiger partial charge in [-0.1, -0.05) is 36.3 Å². The minimum absolute atomic E-state index is 0. The summed E-state index contributed by atoms with van der Waals surface area (Å²) in [6.07, 6.45) is 3.90. The largest absolute Gasteiger partial charge is 0.308 e. The van der Waals surface area contributed by atoms with E-state index in [-0.39, 0.29) is 23.2 Å². The molecular formula is C24H31ClN4O3S2. The molecule has 1 aliphatic rings. The summed E-state index contributed by atoms with van der Waals surface area (Å²) in [5.41, 5.74) is 1.31. The third-order valence-electron chi connectivity index (χ3n) is 5.83. The smallest absolute Gasteiger partial charge is 0.260 e. The van der Waals surface area contributed by atoms with Crippen molar-refractivity contribution in [3.05, 3.63) is 54.1 Å². The zero-order chi connectivity index (χ0) is 23.4. The number of carbonyl (C=O) groups excluding carboxylic acids is 1. The van der Waals surface area contributed by atoms with E-state index in [0.717, 1.165) is 35.9 Å². The zero-order valence-corrected chi connectivity index (χ0v) is 22.0. The number of benzene rings is 2. The number of likely N-dealkylation sites (N-methyl/N-ethyl adjacent to an activating group) is 1. The average Bonchev–Trinajstić information content (AvgIpc) is 3.03. The number of para-hydroxylation sites is 1. The van der Waals surface area contributed by atoms with E-state index in [0.29, 0.717) is 36.9 Å². The van der Waals surface area contributed by atoms with Crippen molar-refractivity contribution in [2.45, 2.75) is 30.6 Å². The maximum atomic E-state index is 13.5. The molecule has 1 aliphatic heterocycles. The molecule has 1 amide bonds. The number of thiazole rings is 1. The quantitative estimate of drug-likeness (QED) is 0.457. The number of hydrogen-bond acceptors (Lipinski definition) is 6. The van der Waals surface area contributed by atoms with Gasteiger partial charge in [0.2, 0.25) is 10.0 Å². The molecule has 2 heterocycles. The molecule has 4 rings (SSSR count). The van der Waals surface area contributed by atoms with Crippen LogP contribution in [-0.4, -0.2) is 68.8 Å². The normalized spacial score (nSPS) is 15.1. The van der Waals surface area contributed by atoms with Gasteiger partial charge in [-0.15, -0.1) is 12.4 Å². The molecule has 0 radical (unpaired) electrons. The van der Waals surface area contributed by atoms with Crippen LogP contribution >= 0.6 is 23.7 Å². The summed E-state index contributed by atoms with van der Waals surface area (Å²) >= 11 is 1.48. The van der Waals surface area contributed by atoms with Crippen LogP contribution in [0.15, 0.2) is 53.4 Å². The monoisotopic (exact) mass is 522 g/mol. The predicted octanol–water partition coefficient (Wildman–Crippen LogP) is 4.49. The number of rotatable bonds is 7. The van der Waals surface area contributed by atoms with Crippen molar-refractivity contribution in [2.75, 3.05) is 45.2 Å². The maximum Gasteiger partial charge on any atom is 0.260 e. The summed E-state index contributed by atoms with van der Waals surface area (Å²) in [6, 6.07) is 14.2. The second-order valence-electron chi connectivity index (χ2n) is 8.57. The molecule has 34 heavy (non-hydrogen) atoms. The highest BCUT2D eigenvalue weighted by atomic mass is 35.5. The number of anilines is 1. The van der Waals surface area contributed by atoms with Crippen molar-refractivity contribution in [1.82, 2.24) is 14.2 Å². The topological polar surface area (TPSA) is 73.8 Å². The fraction of sp³-hybridized carbons (Fsp3) is 0.417. The molecule has 184 valence electrons. The van der Waals surface area contributed by atoms with Crippen LogP contribution < -0.4 is 4.90 Å². The summed E-state index contributed by atoms with van der Waals surface area (Å²) in [5, 5.41) is 0.643. The Kier molecular flexibility index (Phi) is 9.06. The lowest BCUT2D eigenvalue weighted by Gasteiger charge is -2.22. The van der Waals surface area contributed by atoms with Crippen molar-refractivity contribution >= 4 is 55.0 Å². The fourth-order valence-electron chi connectivity index (χ4n) is 3.92. The van der Waals surface area contributed by atoms with Gasteiger partial charge in [-0.2, -0.15) is 4.31 Å². The molecular weight excluding hydrogens is 492 g/mol. The molecule has 10 heteroatoms. The van der Waals surface area contributed by atoms with E-state index < -0.39 is 10.0 Å². The Balaban J connectivity index is 0.00000324. The van der Waals surface area contributed by atoms with E-state index >= 15 is 0 Å². The first-order chi connectivity index (χ1) is 15.9. The highest BCUT2D eigenvalue weighted by molar-refractivity contribution is 7.89. The van der Waals surface area contributed by atoms with Gasteiger partial charge in [-0.05, 0) is 63.3 Å². The second kappa shape index (κ2) is 11.6. The highest BCUT2D eigenvalue weighted by Gasteiger charge is 2.26. The van der Waals surface area contributed by atoms with Crippen LogP contribution in [0, 0.1) is 0 Å². The summed E-state index contributed by atoms with van der Waals surface area (Å²) < 4.78 is 28.7. The Morgan fingerprint density at radius 3 is 2.24 bits per heavy atom. The first-order valence-electron chi connectivity index (χ1n) is 11.3. The van der Waals surface area contributed by atoms with Gasteiger partial charge in [-0.3, -0.25) is 9.69 Å². The number of amides is 1. The molecule has 3 aromatic rings. The number of aromatic nitrogens is 1. The van der Waals surface area contributed by atoms with Gasteiger partial charge in [0.15, 0.2) is 5.13 Å². The number of halogens is 1. The van der Waals surface area contributed by atoms with Crippen LogP contribution in [0.4, 0.5) is 5.13 Å². The molecule has 1 saturated heterocycles. The minimum Gasteiger partial charge on any atom is -0.308 e. The van der Waals surface area contributed by atoms with Crippen molar-refractivity contribution in [3.63, 3.8) is 0 Å². The Morgan fingerprint density at radius 2 is 1.62 bits per heavy atom. The molecule has 0 spiro atoms. The summed E-state index contributed by atoms with van der Waals surface area (Å²) in [5.74, 6) is -0.186. The highest BCUT2D eigenvalue weighted by Crippen LogP contribution is 2.30. The van der Waals surface area contributed by atoms with Crippen molar-refractivity contribution in [1.29, 1.82) is 0 Å². The average molecular weight is 523 g/mol. The molecule has 1 aromatic heterocycles. The molecule has 0 N–H and O–H groups in total. The maximum absolute atomic E-state index is 13.5. The van der Waals surface area contributed by atoms with Crippen molar-refractivity contribution in [2.24, 2.45) is 0 Å². The number of carbonyl (C=O) groups is 1. The Labute approximate surface area is 211 Å². The first-order valence-corrected chi connectivity index (χ1v) is 13.5. The molecule has 7 nitrogen and oxygen atoms in total. The number of sulfonamides is 1. The molecule has 0 saturated carbocycles. The SMILES string of the molecule is CN(C)CCN(C(=O)c1ccc(S(=O)(=O)N2CCCCCC2)cc1)c1nc2ccccc2s1.Cl. The molecule has 0 aliphatic carbocycles. The predicted molar refractivity (Wildman–Crippen MR) is 141 cm³/mol. The first kappa shape index (κ1) is 26.6. The van der Waals surface area contributed by atoms with Crippen molar-refractivity contribution < 1.29 is 13.2 Å². The van der Waals surface area contributed by atoms with Gasteiger partial charge in [0.1, 0.15) is 0 Å². The van der Waals surface area contributed by atoms with Crippen molar-refractivity contribution in [3.8, 4) is 0 Å². The zero-order valence-electron chi connectivity index (χ0n) is 19.5. The molecule has 2 aromatic carbocycles. The molecule has 0 bridgehead atoms. The van der Waals surface area contributed by atoms with E-state index in [9.17, 15) is 13.2 Å². The third-order valence-corrected chi connectivity index (χ3v) is 8.81. The molecule has 1 fully saturated rings. The number of fused-ring (bicyclic) bond motifs is 1. The lowest BCUT2D eigenvalue weighted by molar-refractivity contribution is 0.0985. The number of hydrogen-bond donors (Lipinski definition) is 0. The van der Waals surface area contributed by atoms with Crippen LogP contribution in [-0.2, 0) is 10.0 Å². The number of nitrogens with zero attached hydrogens (tertiary/aromatic N) is 4. The minimum atomic E-state index is -3.55. The summed E-state index contributed by atoms with van der Waals surface area (Å²) in [7, 11) is 0.376. The van der Waals surface area contributed by atoms with E-state index in [1.54, 1.807) is 33.5 Å². The Morgan fingerprint density at radius 1 is 0.971 bits per heavy atom. The Bertz CT molecular complexity index is 1170. The van der Waals surface area contributed by atoms with Gasteiger partial charge >= 0.3 is 0 Å². The van der Waals surface area contributed by atoms with Gasteiger partial charge in [0.25, 0.3) is 5.91 Å². The van der Waals surface area contributed by atoms with Gasteiger partial charge in [0, 0.05) is 31.7 Å². The Hall–Kier alpha value is -2.04. The molecule has 0 atom stereocenters. The van der Waals surface area contributed by atoms with E-state index in [1.165, 1.54) is 11.3 Å². The van der Waals surface area contributed by atoms with Crippen LogP contribution in [0.3, 0.4) is 0 Å².